The van der Waals surface area contributed by atoms with Gasteiger partial charge in [-0.25, -0.2) is 0 Å². The molecule has 3 aromatic carbocycles. The Kier molecular flexibility index (Phi) is 3.80. The molecule has 3 nitrogen and oxygen atoms in total. The van der Waals surface area contributed by atoms with Crippen molar-refractivity contribution in [3.63, 3.8) is 0 Å². The van der Waals surface area contributed by atoms with Crippen LogP contribution in [0.2, 0.25) is 0 Å². The number of rotatable bonds is 3. The van der Waals surface area contributed by atoms with Crippen LogP contribution < -0.4 is 4.90 Å². The van der Waals surface area contributed by atoms with E-state index in [4.69, 9.17) is 12.2 Å². The van der Waals surface area contributed by atoms with Crippen LogP contribution in [0.25, 0.3) is 21.8 Å². The maximum atomic E-state index is 12.1. The summed E-state index contributed by atoms with van der Waals surface area (Å²) in [6.45, 7) is 0.784. The molecule has 0 radical (unpaired) electrons. The molecule has 1 saturated heterocycles. The number of amides is 1. The molecule has 4 heteroatoms. The molecule has 1 fully saturated rings. The predicted molar refractivity (Wildman–Crippen MR) is 114 cm³/mol. The smallest absolute Gasteiger partial charge is 0.232 e. The first-order valence-corrected chi connectivity index (χ1v) is 9.54. The first-order chi connectivity index (χ1) is 13.2. The Morgan fingerprint density at radius 3 is 1.93 bits per heavy atom. The molecule has 0 unspecified atom stereocenters. The highest BCUT2D eigenvalue weighted by molar-refractivity contribution is 7.80. The van der Waals surface area contributed by atoms with Crippen LogP contribution in [0.3, 0.4) is 0 Å². The molecule has 27 heavy (non-hydrogen) atoms. The molecular weight excluding hydrogens is 352 g/mol. The molecule has 1 aromatic heterocycles. The van der Waals surface area contributed by atoms with Gasteiger partial charge in [0.05, 0.1) is 4.99 Å². The summed E-state index contributed by atoms with van der Waals surface area (Å²) in [5.41, 5.74) is 4.54. The SMILES string of the molecule is O=C1CCC(=S)N1c1ccc(Cn2c3ccccc3c3ccccc32)cc1. The van der Waals surface area contributed by atoms with Crippen molar-refractivity contribution in [3.05, 3.63) is 78.4 Å². The van der Waals surface area contributed by atoms with E-state index in [9.17, 15) is 4.79 Å². The monoisotopic (exact) mass is 370 g/mol. The number of carbonyl (C=O) groups excluding carboxylic acids is 1. The molecule has 0 spiro atoms. The summed E-state index contributed by atoms with van der Waals surface area (Å²) in [6.07, 6.45) is 1.19. The second kappa shape index (κ2) is 6.32. The number of benzene rings is 3. The Morgan fingerprint density at radius 1 is 0.778 bits per heavy atom. The third-order valence-electron chi connectivity index (χ3n) is 5.27. The lowest BCUT2D eigenvalue weighted by Crippen LogP contribution is -2.27. The molecule has 132 valence electrons. The molecule has 1 amide bonds. The van der Waals surface area contributed by atoms with E-state index in [1.807, 2.05) is 12.1 Å². The molecule has 0 saturated carbocycles. The predicted octanol–water partition coefficient (Wildman–Crippen LogP) is 5.30. The van der Waals surface area contributed by atoms with Gasteiger partial charge in [0.15, 0.2) is 0 Å². The Bertz CT molecular complexity index is 1120. The fourth-order valence-corrected chi connectivity index (χ4v) is 4.28. The van der Waals surface area contributed by atoms with E-state index in [2.05, 4.69) is 65.2 Å². The van der Waals surface area contributed by atoms with Crippen LogP contribution in [-0.4, -0.2) is 15.5 Å². The largest absolute Gasteiger partial charge is 0.336 e. The number of hydrogen-bond donors (Lipinski definition) is 0. The van der Waals surface area contributed by atoms with Crippen molar-refractivity contribution in [2.45, 2.75) is 19.4 Å². The zero-order valence-electron chi connectivity index (χ0n) is 14.8. The highest BCUT2D eigenvalue weighted by Crippen LogP contribution is 2.30. The molecular formula is C23H18N2OS. The summed E-state index contributed by atoms with van der Waals surface area (Å²) in [5, 5.41) is 2.55. The molecule has 1 aliphatic rings. The number of fused-ring (bicyclic) bond motifs is 3. The first kappa shape index (κ1) is 16.2. The zero-order chi connectivity index (χ0) is 18.4. The van der Waals surface area contributed by atoms with Crippen LogP contribution in [0, 0.1) is 0 Å². The lowest BCUT2D eigenvalue weighted by atomic mass is 10.2. The summed E-state index contributed by atoms with van der Waals surface area (Å²) in [6, 6.07) is 25.2. The summed E-state index contributed by atoms with van der Waals surface area (Å²) in [7, 11) is 0. The van der Waals surface area contributed by atoms with E-state index in [1.165, 1.54) is 27.4 Å². The van der Waals surface area contributed by atoms with Crippen LogP contribution >= 0.6 is 12.2 Å². The fourth-order valence-electron chi connectivity index (χ4n) is 3.97. The lowest BCUT2D eigenvalue weighted by molar-refractivity contribution is -0.116. The minimum atomic E-state index is 0.0927. The van der Waals surface area contributed by atoms with Crippen molar-refractivity contribution in [1.29, 1.82) is 0 Å². The fraction of sp³-hybridized carbons (Fsp3) is 0.130. The van der Waals surface area contributed by atoms with E-state index < -0.39 is 0 Å². The molecule has 0 bridgehead atoms. The number of aromatic nitrogens is 1. The number of nitrogens with zero attached hydrogens (tertiary/aromatic N) is 2. The number of carbonyl (C=O) groups is 1. The van der Waals surface area contributed by atoms with Gasteiger partial charge in [0, 0.05) is 46.9 Å². The third kappa shape index (κ3) is 2.64. The van der Waals surface area contributed by atoms with Gasteiger partial charge >= 0.3 is 0 Å². The van der Waals surface area contributed by atoms with E-state index in [-0.39, 0.29) is 5.91 Å². The molecule has 2 heterocycles. The summed E-state index contributed by atoms with van der Waals surface area (Å²) >= 11 is 5.33. The topological polar surface area (TPSA) is 25.2 Å². The highest BCUT2D eigenvalue weighted by Gasteiger charge is 2.26. The summed E-state index contributed by atoms with van der Waals surface area (Å²) in [5.74, 6) is 0.0927. The van der Waals surface area contributed by atoms with E-state index >= 15 is 0 Å². The number of hydrogen-bond acceptors (Lipinski definition) is 2. The normalized spacial score (nSPS) is 14.6. The van der Waals surface area contributed by atoms with Crippen LogP contribution in [0.1, 0.15) is 18.4 Å². The van der Waals surface area contributed by atoms with Crippen LogP contribution in [0.5, 0.6) is 0 Å². The Hall–Kier alpha value is -2.98. The molecule has 0 N–H and O–H groups in total. The van der Waals surface area contributed by atoms with Gasteiger partial charge in [0.25, 0.3) is 0 Å². The van der Waals surface area contributed by atoms with Crippen molar-refractivity contribution in [1.82, 2.24) is 4.57 Å². The standard InChI is InChI=1S/C23H18N2OS/c26-22-13-14-23(27)25(22)17-11-9-16(10-12-17)15-24-20-7-3-1-5-18(20)19-6-2-4-8-21(19)24/h1-12H,13-15H2. The van der Waals surface area contributed by atoms with Crippen molar-refractivity contribution >= 4 is 50.6 Å². The van der Waals surface area contributed by atoms with Gasteiger partial charge in [-0.3, -0.25) is 9.69 Å². The average molecular weight is 370 g/mol. The highest BCUT2D eigenvalue weighted by atomic mass is 32.1. The Labute approximate surface area is 162 Å². The summed E-state index contributed by atoms with van der Waals surface area (Å²) < 4.78 is 2.35. The zero-order valence-corrected chi connectivity index (χ0v) is 15.6. The maximum Gasteiger partial charge on any atom is 0.232 e. The molecule has 5 rings (SSSR count). The second-order valence-electron chi connectivity index (χ2n) is 6.91. The molecule has 0 aliphatic carbocycles. The van der Waals surface area contributed by atoms with Gasteiger partial charge in [-0.05, 0) is 29.8 Å². The Balaban J connectivity index is 1.54. The van der Waals surface area contributed by atoms with E-state index in [0.29, 0.717) is 12.8 Å². The van der Waals surface area contributed by atoms with Crippen molar-refractivity contribution in [2.75, 3.05) is 4.90 Å². The van der Waals surface area contributed by atoms with Crippen LogP contribution in [-0.2, 0) is 11.3 Å². The van der Waals surface area contributed by atoms with E-state index in [1.54, 1.807) is 4.90 Å². The molecule has 1 aliphatic heterocycles. The van der Waals surface area contributed by atoms with Gasteiger partial charge in [0.2, 0.25) is 5.91 Å². The molecule has 4 aromatic rings. The first-order valence-electron chi connectivity index (χ1n) is 9.13. The minimum Gasteiger partial charge on any atom is -0.336 e. The van der Waals surface area contributed by atoms with Crippen molar-refractivity contribution in [3.8, 4) is 0 Å². The van der Waals surface area contributed by atoms with Gasteiger partial charge in [-0.2, -0.15) is 0 Å². The van der Waals surface area contributed by atoms with Gasteiger partial charge in [-0.1, -0.05) is 60.7 Å². The van der Waals surface area contributed by atoms with Crippen molar-refractivity contribution < 1.29 is 4.79 Å². The third-order valence-corrected chi connectivity index (χ3v) is 5.65. The number of anilines is 1. The minimum absolute atomic E-state index is 0.0927. The second-order valence-corrected chi connectivity index (χ2v) is 7.38. The van der Waals surface area contributed by atoms with Crippen molar-refractivity contribution in [2.24, 2.45) is 0 Å². The number of thiocarbonyl (C=S) groups is 1. The van der Waals surface area contributed by atoms with Crippen LogP contribution in [0.4, 0.5) is 5.69 Å². The average Bonchev–Trinajstić information content (AvgIpc) is 3.21. The Morgan fingerprint density at radius 2 is 1.37 bits per heavy atom. The van der Waals surface area contributed by atoms with Gasteiger partial charge in [0.1, 0.15) is 0 Å². The summed E-state index contributed by atoms with van der Waals surface area (Å²) in [4.78, 5) is 14.4. The molecule has 0 atom stereocenters. The lowest BCUT2D eigenvalue weighted by Gasteiger charge is -2.16. The van der Waals surface area contributed by atoms with Gasteiger partial charge < -0.3 is 4.57 Å². The van der Waals surface area contributed by atoms with Crippen LogP contribution in [0.15, 0.2) is 72.8 Å². The number of para-hydroxylation sites is 2. The van der Waals surface area contributed by atoms with Gasteiger partial charge in [-0.15, -0.1) is 0 Å². The quantitative estimate of drug-likeness (QED) is 0.457. The van der Waals surface area contributed by atoms with E-state index in [0.717, 1.165) is 17.2 Å². The maximum absolute atomic E-state index is 12.1.